The van der Waals surface area contributed by atoms with Gasteiger partial charge in [0.2, 0.25) is 0 Å². The Balaban J connectivity index is 1.74. The molecule has 0 saturated heterocycles. The lowest BCUT2D eigenvalue weighted by atomic mass is 9.41. The van der Waals surface area contributed by atoms with E-state index < -0.39 is 5.60 Å². The van der Waals surface area contributed by atoms with Crippen LogP contribution in [0.15, 0.2) is 12.2 Å². The molecule has 4 aliphatic carbocycles. The molecule has 0 heterocycles. The molecule has 4 fully saturated rings. The Hall–Kier alpha value is -0.340. The number of aliphatic hydroxyl groups is 2. The Morgan fingerprint density at radius 1 is 1.09 bits per heavy atom. The normalized spacial score (nSPS) is 57.4. The molecule has 0 aromatic heterocycles. The Morgan fingerprint density at radius 3 is 2.55 bits per heavy atom. The van der Waals surface area contributed by atoms with E-state index >= 15 is 0 Å². The van der Waals surface area contributed by atoms with E-state index in [9.17, 15) is 10.2 Å². The van der Waals surface area contributed by atoms with Gasteiger partial charge in [-0.1, -0.05) is 26.8 Å². The van der Waals surface area contributed by atoms with Gasteiger partial charge in [0.05, 0.1) is 5.60 Å². The van der Waals surface area contributed by atoms with Crippen molar-refractivity contribution in [3.8, 4) is 0 Å². The smallest absolute Gasteiger partial charge is 0.0860 e. The van der Waals surface area contributed by atoms with Gasteiger partial charge in [0.15, 0.2) is 0 Å². The van der Waals surface area contributed by atoms with Crippen molar-refractivity contribution in [1.29, 1.82) is 0 Å². The second kappa shape index (κ2) is 4.39. The van der Waals surface area contributed by atoms with E-state index in [4.69, 9.17) is 0 Å². The standard InChI is InChI=1S/C20H32O2/c1-14-11-19-9-5-15-17(2,13-21)7-4-8-18(15,3)16(19)6-10-20(14,22)12-19/h15-16,21-22H,1,4-13H2,2-3H3/t15-,16+,17-,18-,19-,20+/m1/s1. The van der Waals surface area contributed by atoms with E-state index in [-0.39, 0.29) is 5.41 Å². The topological polar surface area (TPSA) is 40.5 Å². The zero-order valence-corrected chi connectivity index (χ0v) is 14.3. The van der Waals surface area contributed by atoms with Crippen LogP contribution in [0.25, 0.3) is 0 Å². The van der Waals surface area contributed by atoms with Crippen molar-refractivity contribution in [1.82, 2.24) is 0 Å². The molecular formula is C20H32O2. The molecule has 2 nitrogen and oxygen atoms in total. The number of hydrogen-bond donors (Lipinski definition) is 2. The third-order valence-corrected chi connectivity index (χ3v) is 8.64. The third-order valence-electron chi connectivity index (χ3n) is 8.64. The first-order valence-electron chi connectivity index (χ1n) is 9.30. The first kappa shape index (κ1) is 15.2. The second-order valence-electron chi connectivity index (χ2n) is 9.71. The second-order valence-corrected chi connectivity index (χ2v) is 9.71. The number of aliphatic hydroxyl groups excluding tert-OH is 1. The minimum atomic E-state index is -0.561. The molecule has 22 heavy (non-hydrogen) atoms. The molecule has 1 spiro atoms. The summed E-state index contributed by atoms with van der Waals surface area (Å²) < 4.78 is 0. The summed E-state index contributed by atoms with van der Waals surface area (Å²) in [6, 6.07) is 0. The van der Waals surface area contributed by atoms with Gasteiger partial charge in [0.1, 0.15) is 0 Å². The van der Waals surface area contributed by atoms with Crippen molar-refractivity contribution in [3.63, 3.8) is 0 Å². The summed E-state index contributed by atoms with van der Waals surface area (Å²) in [6.07, 6.45) is 10.3. The monoisotopic (exact) mass is 304 g/mol. The summed E-state index contributed by atoms with van der Waals surface area (Å²) in [6.45, 7) is 9.41. The van der Waals surface area contributed by atoms with Gasteiger partial charge in [0.25, 0.3) is 0 Å². The fourth-order valence-corrected chi connectivity index (χ4v) is 7.67. The van der Waals surface area contributed by atoms with Crippen molar-refractivity contribution < 1.29 is 10.2 Å². The van der Waals surface area contributed by atoms with Crippen LogP contribution in [-0.4, -0.2) is 22.4 Å². The molecular weight excluding hydrogens is 272 g/mol. The zero-order chi connectivity index (χ0) is 15.8. The molecule has 0 aliphatic heterocycles. The van der Waals surface area contributed by atoms with Gasteiger partial charge in [-0.2, -0.15) is 0 Å². The molecule has 2 heteroatoms. The summed E-state index contributed by atoms with van der Waals surface area (Å²) in [7, 11) is 0. The van der Waals surface area contributed by atoms with E-state index in [0.717, 1.165) is 31.3 Å². The van der Waals surface area contributed by atoms with E-state index in [1.165, 1.54) is 32.1 Å². The fraction of sp³-hybridized carbons (Fsp3) is 0.900. The maximum absolute atomic E-state index is 10.9. The Kier molecular flexibility index (Phi) is 3.03. The highest BCUT2D eigenvalue weighted by Gasteiger charge is 2.66. The average molecular weight is 304 g/mol. The zero-order valence-electron chi connectivity index (χ0n) is 14.3. The van der Waals surface area contributed by atoms with Gasteiger partial charge in [0, 0.05) is 6.61 Å². The lowest BCUT2D eigenvalue weighted by molar-refractivity contribution is -0.171. The van der Waals surface area contributed by atoms with Crippen molar-refractivity contribution in [3.05, 3.63) is 12.2 Å². The Labute approximate surface area is 135 Å². The predicted molar refractivity (Wildman–Crippen MR) is 88.4 cm³/mol. The van der Waals surface area contributed by atoms with E-state index in [1.54, 1.807) is 0 Å². The van der Waals surface area contributed by atoms with Crippen molar-refractivity contribution in [2.24, 2.45) is 28.1 Å². The Morgan fingerprint density at radius 2 is 1.82 bits per heavy atom. The van der Waals surface area contributed by atoms with E-state index in [2.05, 4.69) is 20.4 Å². The molecule has 0 aromatic carbocycles. The first-order chi connectivity index (χ1) is 10.3. The number of hydrogen-bond acceptors (Lipinski definition) is 2. The van der Waals surface area contributed by atoms with Crippen LogP contribution in [0.2, 0.25) is 0 Å². The van der Waals surface area contributed by atoms with Crippen LogP contribution in [0.3, 0.4) is 0 Å². The van der Waals surface area contributed by atoms with Gasteiger partial charge < -0.3 is 10.2 Å². The van der Waals surface area contributed by atoms with Crippen LogP contribution in [0.5, 0.6) is 0 Å². The lowest BCUT2D eigenvalue weighted by Gasteiger charge is -2.64. The van der Waals surface area contributed by atoms with Crippen LogP contribution >= 0.6 is 0 Å². The number of fused-ring (bicyclic) bond motifs is 3. The Bertz CT molecular complexity index is 514. The van der Waals surface area contributed by atoms with Gasteiger partial charge >= 0.3 is 0 Å². The number of rotatable bonds is 1. The van der Waals surface area contributed by atoms with Crippen molar-refractivity contribution in [2.45, 2.75) is 77.2 Å². The highest BCUT2D eigenvalue weighted by atomic mass is 16.3. The van der Waals surface area contributed by atoms with Crippen LogP contribution in [-0.2, 0) is 0 Å². The minimum absolute atomic E-state index is 0.109. The molecule has 6 atom stereocenters. The highest BCUT2D eigenvalue weighted by Crippen LogP contribution is 2.72. The van der Waals surface area contributed by atoms with E-state index in [0.29, 0.717) is 29.3 Å². The summed E-state index contributed by atoms with van der Waals surface area (Å²) in [5.41, 5.74) is 1.31. The quantitative estimate of drug-likeness (QED) is 0.717. The molecule has 0 amide bonds. The largest absolute Gasteiger partial charge is 0.396 e. The van der Waals surface area contributed by atoms with Crippen LogP contribution in [0.1, 0.15) is 71.6 Å². The molecule has 0 unspecified atom stereocenters. The molecule has 124 valence electrons. The lowest BCUT2D eigenvalue weighted by Crippen LogP contribution is -2.58. The van der Waals surface area contributed by atoms with Gasteiger partial charge in [-0.15, -0.1) is 0 Å². The molecule has 2 bridgehead atoms. The minimum Gasteiger partial charge on any atom is -0.396 e. The molecule has 0 aromatic rings. The fourth-order valence-electron chi connectivity index (χ4n) is 7.67. The summed E-state index contributed by atoms with van der Waals surface area (Å²) in [4.78, 5) is 0. The first-order valence-corrected chi connectivity index (χ1v) is 9.30. The molecule has 4 rings (SSSR count). The molecule has 0 radical (unpaired) electrons. The summed E-state index contributed by atoms with van der Waals surface area (Å²) >= 11 is 0. The predicted octanol–water partition coefficient (Wildman–Crippen LogP) is 4.06. The van der Waals surface area contributed by atoms with Gasteiger partial charge in [-0.25, -0.2) is 0 Å². The SMILES string of the molecule is C=C1C[C@@]23CC[C@@H]4[C@@](C)(CO)CCC[C@@]4(C)[C@@H]2CC[C@]1(O)C3. The maximum Gasteiger partial charge on any atom is 0.0860 e. The molecule has 2 N–H and O–H groups in total. The maximum atomic E-state index is 10.9. The van der Waals surface area contributed by atoms with Crippen LogP contribution < -0.4 is 0 Å². The van der Waals surface area contributed by atoms with Crippen molar-refractivity contribution >= 4 is 0 Å². The van der Waals surface area contributed by atoms with Gasteiger partial charge in [-0.3, -0.25) is 0 Å². The highest BCUT2D eigenvalue weighted by molar-refractivity contribution is 5.29. The van der Waals surface area contributed by atoms with Crippen LogP contribution in [0.4, 0.5) is 0 Å². The molecule has 4 aliphatic rings. The summed E-state index contributed by atoms with van der Waals surface area (Å²) in [5.74, 6) is 1.36. The van der Waals surface area contributed by atoms with Gasteiger partial charge in [-0.05, 0) is 85.0 Å². The third kappa shape index (κ3) is 1.69. The van der Waals surface area contributed by atoms with Crippen LogP contribution in [0, 0.1) is 28.1 Å². The molecule has 4 saturated carbocycles. The van der Waals surface area contributed by atoms with E-state index in [1.807, 2.05) is 0 Å². The van der Waals surface area contributed by atoms with Crippen molar-refractivity contribution in [2.75, 3.05) is 6.61 Å². The summed E-state index contributed by atoms with van der Waals surface area (Å²) in [5, 5.41) is 21.0. The average Bonchev–Trinajstić information content (AvgIpc) is 2.64.